The van der Waals surface area contributed by atoms with Crippen LogP contribution >= 0.6 is 0 Å². The Labute approximate surface area is 173 Å². The molecular weight excluding hydrogens is 366 g/mol. The number of aryl methyl sites for hydroxylation is 2. The fourth-order valence-corrected chi connectivity index (χ4v) is 3.49. The quantitative estimate of drug-likeness (QED) is 0.420. The number of unbranched alkanes of at least 4 members (excludes halogenated alkanes) is 1. The van der Waals surface area contributed by atoms with Crippen molar-refractivity contribution in [2.45, 2.75) is 32.3 Å². The summed E-state index contributed by atoms with van der Waals surface area (Å²) in [5, 5.41) is 7.70. The molecule has 2 heterocycles. The zero-order valence-electron chi connectivity index (χ0n) is 17.8. The van der Waals surface area contributed by atoms with Gasteiger partial charge in [0.1, 0.15) is 11.9 Å². The third kappa shape index (κ3) is 6.22. The van der Waals surface area contributed by atoms with Crippen LogP contribution in [-0.4, -0.2) is 60.5 Å². The predicted octanol–water partition coefficient (Wildman–Crippen LogP) is 2.79. The van der Waals surface area contributed by atoms with Crippen molar-refractivity contribution in [2.75, 3.05) is 39.9 Å². The minimum absolute atomic E-state index is 0.0383. The molecule has 0 radical (unpaired) electrons. The first kappa shape index (κ1) is 21.2. The van der Waals surface area contributed by atoms with Crippen LogP contribution in [0, 0.1) is 0 Å². The van der Waals surface area contributed by atoms with E-state index in [9.17, 15) is 0 Å². The van der Waals surface area contributed by atoms with Gasteiger partial charge in [-0.15, -0.1) is 0 Å². The molecule has 1 aromatic carbocycles. The number of guanidine groups is 1. The van der Waals surface area contributed by atoms with Gasteiger partial charge in [-0.05, 0) is 43.9 Å². The molecule has 1 fully saturated rings. The molecule has 158 valence electrons. The molecule has 1 aromatic heterocycles. The molecule has 1 saturated heterocycles. The maximum atomic E-state index is 5.96. The van der Waals surface area contributed by atoms with Gasteiger partial charge in [-0.2, -0.15) is 5.10 Å². The van der Waals surface area contributed by atoms with E-state index >= 15 is 0 Å². The van der Waals surface area contributed by atoms with E-state index < -0.39 is 0 Å². The topological polar surface area (TPSA) is 63.9 Å². The van der Waals surface area contributed by atoms with Crippen LogP contribution in [0.3, 0.4) is 0 Å². The van der Waals surface area contributed by atoms with Gasteiger partial charge in [-0.3, -0.25) is 9.67 Å². The second kappa shape index (κ2) is 10.9. The van der Waals surface area contributed by atoms with Gasteiger partial charge in [-0.25, -0.2) is 0 Å². The van der Waals surface area contributed by atoms with Gasteiger partial charge >= 0.3 is 0 Å². The number of hydrogen-bond acceptors (Lipinski definition) is 4. The first-order valence-corrected chi connectivity index (χ1v) is 10.5. The maximum absolute atomic E-state index is 5.96. The number of aliphatic imine (C=N–C) groups is 1. The number of rotatable bonds is 8. The number of morpholine rings is 1. The van der Waals surface area contributed by atoms with Gasteiger partial charge in [0.2, 0.25) is 0 Å². The Morgan fingerprint density at radius 2 is 2.14 bits per heavy atom. The molecule has 0 saturated carbocycles. The van der Waals surface area contributed by atoms with Crippen molar-refractivity contribution in [2.24, 2.45) is 12.0 Å². The number of ether oxygens (including phenoxy) is 2. The minimum Gasteiger partial charge on any atom is -0.497 e. The second-order valence-electron chi connectivity index (χ2n) is 7.29. The molecule has 7 nitrogen and oxygen atoms in total. The Morgan fingerprint density at radius 3 is 2.83 bits per heavy atom. The number of methoxy groups -OCH3 is 1. The number of aromatic nitrogens is 2. The molecule has 0 amide bonds. The van der Waals surface area contributed by atoms with Crippen molar-refractivity contribution in [3.63, 3.8) is 0 Å². The van der Waals surface area contributed by atoms with Crippen molar-refractivity contribution in [3.05, 3.63) is 47.8 Å². The number of nitrogens with zero attached hydrogens (tertiary/aromatic N) is 4. The van der Waals surface area contributed by atoms with Gasteiger partial charge < -0.3 is 19.7 Å². The molecule has 7 heteroatoms. The van der Waals surface area contributed by atoms with Crippen molar-refractivity contribution >= 4 is 5.96 Å². The molecule has 1 aliphatic rings. The van der Waals surface area contributed by atoms with Crippen LogP contribution in [0.2, 0.25) is 0 Å². The average Bonchev–Trinajstić information content (AvgIpc) is 3.19. The molecule has 1 unspecified atom stereocenters. The van der Waals surface area contributed by atoms with E-state index in [1.165, 1.54) is 5.56 Å². The first-order chi connectivity index (χ1) is 14.2. The van der Waals surface area contributed by atoms with Crippen LogP contribution < -0.4 is 10.1 Å². The summed E-state index contributed by atoms with van der Waals surface area (Å²) in [5.74, 6) is 1.89. The van der Waals surface area contributed by atoms with Gasteiger partial charge in [-0.1, -0.05) is 12.1 Å². The fraction of sp³-hybridized carbons (Fsp3) is 0.545. The second-order valence-corrected chi connectivity index (χ2v) is 7.29. The van der Waals surface area contributed by atoms with Crippen molar-refractivity contribution in [3.8, 4) is 5.75 Å². The van der Waals surface area contributed by atoms with Gasteiger partial charge in [0.05, 0.1) is 26.5 Å². The predicted molar refractivity (Wildman–Crippen MR) is 115 cm³/mol. The molecule has 0 aliphatic carbocycles. The summed E-state index contributed by atoms with van der Waals surface area (Å²) < 4.78 is 13.0. The van der Waals surface area contributed by atoms with Crippen molar-refractivity contribution in [1.29, 1.82) is 0 Å². The van der Waals surface area contributed by atoms with Crippen LogP contribution in [0.5, 0.6) is 5.75 Å². The van der Waals surface area contributed by atoms with E-state index in [1.807, 2.05) is 36.3 Å². The molecule has 3 rings (SSSR count). The number of benzene rings is 1. The van der Waals surface area contributed by atoms with E-state index in [-0.39, 0.29) is 6.10 Å². The van der Waals surface area contributed by atoms with E-state index in [2.05, 4.69) is 34.4 Å². The summed E-state index contributed by atoms with van der Waals surface area (Å²) in [6.45, 7) is 6.14. The average molecular weight is 400 g/mol. The van der Waals surface area contributed by atoms with Crippen molar-refractivity contribution in [1.82, 2.24) is 20.0 Å². The first-order valence-electron chi connectivity index (χ1n) is 10.5. The normalized spacial score (nSPS) is 17.4. The summed E-state index contributed by atoms with van der Waals surface area (Å²) in [6, 6.07) is 8.32. The highest BCUT2D eigenvalue weighted by Gasteiger charge is 2.25. The summed E-state index contributed by atoms with van der Waals surface area (Å²) in [4.78, 5) is 7.16. The van der Waals surface area contributed by atoms with Gasteiger partial charge in [0, 0.05) is 38.4 Å². The minimum atomic E-state index is 0.0383. The Hall–Kier alpha value is -2.54. The van der Waals surface area contributed by atoms with E-state index in [0.717, 1.165) is 62.7 Å². The Morgan fingerprint density at radius 1 is 1.31 bits per heavy atom. The fourth-order valence-electron chi connectivity index (χ4n) is 3.49. The van der Waals surface area contributed by atoms with Crippen LogP contribution in [0.4, 0.5) is 0 Å². The van der Waals surface area contributed by atoms with Crippen molar-refractivity contribution < 1.29 is 9.47 Å². The molecule has 1 N–H and O–H groups in total. The molecule has 1 aliphatic heterocycles. The molecular formula is C22H33N5O2. The van der Waals surface area contributed by atoms with Gasteiger partial charge in [0.25, 0.3) is 0 Å². The highest BCUT2D eigenvalue weighted by atomic mass is 16.5. The highest BCUT2D eigenvalue weighted by molar-refractivity contribution is 5.80. The lowest BCUT2D eigenvalue weighted by Gasteiger charge is -2.34. The summed E-state index contributed by atoms with van der Waals surface area (Å²) in [5.41, 5.74) is 2.46. The lowest BCUT2D eigenvalue weighted by Crippen LogP contribution is -2.48. The Kier molecular flexibility index (Phi) is 7.93. The lowest BCUT2D eigenvalue weighted by molar-refractivity contribution is -0.00804. The maximum Gasteiger partial charge on any atom is 0.194 e. The zero-order valence-corrected chi connectivity index (χ0v) is 17.8. The van der Waals surface area contributed by atoms with Crippen LogP contribution in [0.1, 0.15) is 37.0 Å². The molecule has 29 heavy (non-hydrogen) atoms. The lowest BCUT2D eigenvalue weighted by atomic mass is 10.1. The standard InChI is InChI=1S/C22H33N5O2/c1-4-23-22(24-12-6-5-7-18-8-10-20(28-3)11-9-18)27-13-14-29-21(17-27)19-15-25-26(2)16-19/h8-11,15-16,21H,4-7,12-14,17H2,1-3H3,(H,23,24). The summed E-state index contributed by atoms with van der Waals surface area (Å²) >= 11 is 0. The summed E-state index contributed by atoms with van der Waals surface area (Å²) in [6.07, 6.45) is 7.20. The van der Waals surface area contributed by atoms with Crippen LogP contribution in [0.25, 0.3) is 0 Å². The number of nitrogens with one attached hydrogen (secondary N) is 1. The zero-order chi connectivity index (χ0) is 20.5. The monoisotopic (exact) mass is 399 g/mol. The third-order valence-electron chi connectivity index (χ3n) is 5.09. The smallest absolute Gasteiger partial charge is 0.194 e. The van der Waals surface area contributed by atoms with Gasteiger partial charge in [0.15, 0.2) is 5.96 Å². The number of hydrogen-bond donors (Lipinski definition) is 1. The largest absolute Gasteiger partial charge is 0.497 e. The molecule has 0 spiro atoms. The van der Waals surface area contributed by atoms with E-state index in [0.29, 0.717) is 6.61 Å². The Bertz CT molecular complexity index is 772. The van der Waals surface area contributed by atoms with E-state index in [1.54, 1.807) is 7.11 Å². The summed E-state index contributed by atoms with van der Waals surface area (Å²) in [7, 11) is 3.63. The third-order valence-corrected chi connectivity index (χ3v) is 5.09. The Balaban J connectivity index is 1.49. The highest BCUT2D eigenvalue weighted by Crippen LogP contribution is 2.21. The molecule has 1 atom stereocenters. The van der Waals surface area contributed by atoms with Crippen LogP contribution in [-0.2, 0) is 18.2 Å². The van der Waals surface area contributed by atoms with Crippen LogP contribution in [0.15, 0.2) is 41.7 Å². The molecule has 0 bridgehead atoms. The van der Waals surface area contributed by atoms with E-state index in [4.69, 9.17) is 14.5 Å². The SMILES string of the molecule is CCNC(=NCCCCc1ccc(OC)cc1)N1CCOC(c2cnn(C)c2)C1. The molecule has 2 aromatic rings.